The summed E-state index contributed by atoms with van der Waals surface area (Å²) < 4.78 is 5.16. The van der Waals surface area contributed by atoms with Gasteiger partial charge in [-0.1, -0.05) is 57.9 Å². The Morgan fingerprint density at radius 2 is 1.78 bits per heavy atom. The van der Waals surface area contributed by atoms with Crippen molar-refractivity contribution in [2.75, 3.05) is 6.61 Å². The van der Waals surface area contributed by atoms with Gasteiger partial charge in [-0.05, 0) is 18.6 Å². The normalized spacial score (nSPS) is 12.8. The third-order valence-electron chi connectivity index (χ3n) is 3.05. The first kappa shape index (κ1) is 14.8. The molecule has 0 unspecified atom stereocenters. The van der Waals surface area contributed by atoms with Crippen LogP contribution < -0.4 is 0 Å². The molecule has 2 heteroatoms. The van der Waals surface area contributed by atoms with Gasteiger partial charge < -0.3 is 4.74 Å². The molecular formula is C16H24O2. The van der Waals surface area contributed by atoms with Gasteiger partial charge in [-0.25, -0.2) is 4.79 Å². The lowest BCUT2D eigenvalue weighted by molar-refractivity contribution is -0.138. The zero-order valence-corrected chi connectivity index (χ0v) is 11.4. The predicted octanol–water partition coefficient (Wildman–Crippen LogP) is 4.32. The van der Waals surface area contributed by atoms with Crippen LogP contribution in [0.15, 0.2) is 29.5 Å². The quantitative estimate of drug-likeness (QED) is 0.327. The molecule has 1 rings (SSSR count). The molecule has 0 saturated carbocycles. The number of hydrogen-bond acceptors (Lipinski definition) is 2. The summed E-state index contributed by atoms with van der Waals surface area (Å²) in [6, 6.07) is 0. The van der Waals surface area contributed by atoms with Crippen LogP contribution in [0.4, 0.5) is 0 Å². The summed E-state index contributed by atoms with van der Waals surface area (Å²) in [4.78, 5) is 11.5. The summed E-state index contributed by atoms with van der Waals surface area (Å²) in [5, 5.41) is 0. The summed E-state index contributed by atoms with van der Waals surface area (Å²) in [5.41, 5.74) is 3.38. The van der Waals surface area contributed by atoms with E-state index in [1.807, 2.05) is 0 Å². The highest BCUT2D eigenvalue weighted by Gasteiger charge is 2.08. The molecule has 2 nitrogen and oxygen atoms in total. The van der Waals surface area contributed by atoms with E-state index in [2.05, 4.69) is 12.7 Å². The minimum Gasteiger partial charge on any atom is -0.462 e. The molecule has 18 heavy (non-hydrogen) atoms. The van der Waals surface area contributed by atoms with Crippen LogP contribution in [0.25, 0.3) is 0 Å². The van der Waals surface area contributed by atoms with Crippen LogP contribution in [0.1, 0.15) is 58.3 Å². The van der Waals surface area contributed by atoms with E-state index < -0.39 is 0 Å². The Balaban J connectivity index is 1.88. The molecule has 0 bridgehead atoms. The van der Waals surface area contributed by atoms with E-state index in [4.69, 9.17) is 4.74 Å². The van der Waals surface area contributed by atoms with Crippen molar-refractivity contribution in [1.82, 2.24) is 0 Å². The van der Waals surface area contributed by atoms with Crippen LogP contribution in [-0.4, -0.2) is 12.6 Å². The minimum absolute atomic E-state index is 0.247. The van der Waals surface area contributed by atoms with Crippen molar-refractivity contribution in [3.63, 3.8) is 0 Å². The number of allylic oxidation sites excluding steroid dienone is 1. The van der Waals surface area contributed by atoms with Crippen molar-refractivity contribution >= 4 is 5.97 Å². The van der Waals surface area contributed by atoms with Crippen molar-refractivity contribution in [2.45, 2.75) is 58.3 Å². The van der Waals surface area contributed by atoms with E-state index >= 15 is 0 Å². The van der Waals surface area contributed by atoms with Gasteiger partial charge >= 0.3 is 5.97 Å². The Hall–Kier alpha value is -1.27. The van der Waals surface area contributed by atoms with E-state index in [-0.39, 0.29) is 5.97 Å². The zero-order valence-electron chi connectivity index (χ0n) is 11.4. The molecule has 0 radical (unpaired) electrons. The molecule has 0 fully saturated rings. The Morgan fingerprint density at radius 3 is 2.39 bits per heavy atom. The average molecular weight is 248 g/mol. The standard InChI is InChI=1S/C16H24O2/c1-2-3-4-5-6-7-8-11-14-18-16(17)15-12-9-10-13-15/h9-10,12H,2-8,11,14H2,1H3. The van der Waals surface area contributed by atoms with E-state index in [0.717, 1.165) is 12.8 Å². The lowest BCUT2D eigenvalue weighted by Crippen LogP contribution is -2.06. The molecule has 0 saturated heterocycles. The zero-order chi connectivity index (χ0) is 13.1. The smallest absolute Gasteiger partial charge is 0.346 e. The predicted molar refractivity (Wildman–Crippen MR) is 74.3 cm³/mol. The first-order valence-corrected chi connectivity index (χ1v) is 7.15. The number of hydrogen-bond donors (Lipinski definition) is 0. The largest absolute Gasteiger partial charge is 0.462 e. The molecule has 0 aromatic rings. The molecule has 0 N–H and O–H groups in total. The third-order valence-corrected chi connectivity index (χ3v) is 3.05. The number of carbonyl (C=O) groups excluding carboxylic acids is 1. The Labute approximate surface area is 110 Å². The molecule has 0 atom stereocenters. The van der Waals surface area contributed by atoms with Gasteiger partial charge in [-0.3, -0.25) is 0 Å². The minimum atomic E-state index is -0.247. The molecule has 0 spiro atoms. The summed E-state index contributed by atoms with van der Waals surface area (Å²) in [6.07, 6.45) is 15.3. The summed E-state index contributed by atoms with van der Waals surface area (Å²) in [7, 11) is 0. The highest BCUT2D eigenvalue weighted by Crippen LogP contribution is 2.09. The third kappa shape index (κ3) is 6.46. The highest BCUT2D eigenvalue weighted by molar-refractivity contribution is 5.92. The Morgan fingerprint density at radius 1 is 1.11 bits per heavy atom. The lowest BCUT2D eigenvalue weighted by Gasteiger charge is -2.04. The van der Waals surface area contributed by atoms with E-state index in [0.29, 0.717) is 12.2 Å². The van der Waals surface area contributed by atoms with Crippen molar-refractivity contribution in [3.8, 4) is 0 Å². The lowest BCUT2D eigenvalue weighted by atomic mass is 10.1. The maximum atomic E-state index is 11.5. The molecule has 0 heterocycles. The average Bonchev–Trinajstić information content (AvgIpc) is 2.90. The Kier molecular flexibility index (Phi) is 7.99. The first-order chi connectivity index (χ1) is 8.84. The topological polar surface area (TPSA) is 26.3 Å². The fourth-order valence-electron chi connectivity index (χ4n) is 1.94. The van der Waals surface area contributed by atoms with Crippen LogP contribution in [-0.2, 0) is 9.53 Å². The molecule has 0 aromatic carbocycles. The van der Waals surface area contributed by atoms with Crippen LogP contribution in [0.5, 0.6) is 0 Å². The first-order valence-electron chi connectivity index (χ1n) is 7.15. The van der Waals surface area contributed by atoms with Crippen molar-refractivity contribution < 1.29 is 9.53 Å². The van der Waals surface area contributed by atoms with Gasteiger partial charge in [0, 0.05) is 0 Å². The van der Waals surface area contributed by atoms with Gasteiger partial charge in [0.2, 0.25) is 0 Å². The molecule has 1 aliphatic rings. The number of rotatable bonds is 10. The fraction of sp³-hybridized carbons (Fsp3) is 0.625. The van der Waals surface area contributed by atoms with E-state index in [9.17, 15) is 4.79 Å². The second kappa shape index (κ2) is 9.73. The van der Waals surface area contributed by atoms with Crippen LogP contribution >= 0.6 is 0 Å². The summed E-state index contributed by atoms with van der Waals surface area (Å²) in [6.45, 7) is 2.77. The van der Waals surface area contributed by atoms with E-state index in [1.54, 1.807) is 18.2 Å². The van der Waals surface area contributed by atoms with Gasteiger partial charge in [0.05, 0.1) is 6.61 Å². The molecule has 0 aromatic heterocycles. The van der Waals surface area contributed by atoms with Crippen molar-refractivity contribution in [2.24, 2.45) is 0 Å². The van der Waals surface area contributed by atoms with Gasteiger partial charge in [-0.2, -0.15) is 0 Å². The maximum Gasteiger partial charge on any atom is 0.346 e. The Bertz CT molecular complexity index is 333. The summed E-state index contributed by atoms with van der Waals surface area (Å²) in [5.74, 6) is -0.247. The molecular weight excluding hydrogens is 224 g/mol. The number of carbonyl (C=O) groups is 1. The SMILES string of the molecule is CCCCCCCCCCOC(=O)C1=C=CC=C1. The second-order valence-electron chi connectivity index (χ2n) is 4.69. The van der Waals surface area contributed by atoms with Crippen LogP contribution in [0.2, 0.25) is 0 Å². The monoisotopic (exact) mass is 248 g/mol. The number of ether oxygens (including phenoxy) is 1. The molecule has 1 aliphatic carbocycles. The van der Waals surface area contributed by atoms with Gasteiger partial charge in [0.25, 0.3) is 0 Å². The van der Waals surface area contributed by atoms with Gasteiger partial charge in [-0.15, -0.1) is 5.73 Å². The van der Waals surface area contributed by atoms with E-state index in [1.165, 1.54) is 38.5 Å². The molecule has 100 valence electrons. The van der Waals surface area contributed by atoms with Gasteiger partial charge in [0.1, 0.15) is 5.57 Å². The van der Waals surface area contributed by atoms with Crippen molar-refractivity contribution in [1.29, 1.82) is 0 Å². The van der Waals surface area contributed by atoms with Crippen molar-refractivity contribution in [3.05, 3.63) is 29.5 Å². The van der Waals surface area contributed by atoms with Crippen LogP contribution in [0, 0.1) is 0 Å². The number of esters is 1. The molecule has 0 amide bonds. The summed E-state index contributed by atoms with van der Waals surface area (Å²) >= 11 is 0. The van der Waals surface area contributed by atoms with Gasteiger partial charge in [0.15, 0.2) is 0 Å². The highest BCUT2D eigenvalue weighted by atomic mass is 16.5. The fourth-order valence-corrected chi connectivity index (χ4v) is 1.94. The number of unbranched alkanes of at least 4 members (excludes halogenated alkanes) is 7. The second-order valence-corrected chi connectivity index (χ2v) is 4.69. The van der Waals surface area contributed by atoms with Crippen LogP contribution in [0.3, 0.4) is 0 Å². The maximum absolute atomic E-state index is 11.5. The molecule has 0 aliphatic heterocycles.